The van der Waals surface area contributed by atoms with Crippen molar-refractivity contribution in [1.29, 1.82) is 0 Å². The first kappa shape index (κ1) is 15.6. The molecule has 5 nitrogen and oxygen atoms in total. The molecule has 0 aromatic heterocycles. The minimum atomic E-state index is -0.0204. The number of carbonyl (C=O) groups excluding carboxylic acids is 1. The number of nitrogens with one attached hydrogen (secondary N) is 1. The van der Waals surface area contributed by atoms with Crippen LogP contribution in [0.3, 0.4) is 0 Å². The number of carbonyl (C=O) groups is 1. The summed E-state index contributed by atoms with van der Waals surface area (Å²) >= 11 is 0. The maximum atomic E-state index is 12.2. The molecule has 2 rings (SSSR count). The molecule has 0 spiro atoms. The minimum absolute atomic E-state index is 0.0204. The Labute approximate surface area is 126 Å². The standard InChI is InChI=1S/C16H25N3O2/c1-3-8-19(10-12-4-5-12)11-16(20)18-14-9-13(17)6-7-15(14)21-2/h6-7,9,12H,3-5,8,10-11,17H2,1-2H3,(H,18,20). The summed E-state index contributed by atoms with van der Waals surface area (Å²) in [6.07, 6.45) is 3.65. The summed E-state index contributed by atoms with van der Waals surface area (Å²) in [5.41, 5.74) is 7.00. The zero-order valence-corrected chi connectivity index (χ0v) is 12.9. The molecule has 21 heavy (non-hydrogen) atoms. The zero-order valence-electron chi connectivity index (χ0n) is 12.9. The molecular formula is C16H25N3O2. The van der Waals surface area contributed by atoms with Crippen molar-refractivity contribution >= 4 is 17.3 Å². The number of hydrogen-bond donors (Lipinski definition) is 2. The zero-order chi connectivity index (χ0) is 15.2. The number of nitrogens with two attached hydrogens (primary N) is 1. The summed E-state index contributed by atoms with van der Waals surface area (Å²) in [5, 5.41) is 2.90. The second-order valence-electron chi connectivity index (χ2n) is 5.69. The van der Waals surface area contributed by atoms with Crippen molar-refractivity contribution in [2.75, 3.05) is 37.8 Å². The van der Waals surface area contributed by atoms with Crippen molar-refractivity contribution in [2.24, 2.45) is 5.92 Å². The monoisotopic (exact) mass is 291 g/mol. The summed E-state index contributed by atoms with van der Waals surface area (Å²) in [7, 11) is 1.58. The lowest BCUT2D eigenvalue weighted by Gasteiger charge is -2.21. The number of ether oxygens (including phenoxy) is 1. The molecule has 1 aliphatic rings. The predicted octanol–water partition coefficient (Wildman–Crippen LogP) is 2.34. The van der Waals surface area contributed by atoms with Crippen molar-refractivity contribution in [2.45, 2.75) is 26.2 Å². The van der Waals surface area contributed by atoms with Gasteiger partial charge in [-0.2, -0.15) is 0 Å². The molecule has 0 atom stereocenters. The predicted molar refractivity (Wildman–Crippen MR) is 85.5 cm³/mol. The van der Waals surface area contributed by atoms with Gasteiger partial charge in [0, 0.05) is 12.2 Å². The Kier molecular flexibility index (Phi) is 5.44. The van der Waals surface area contributed by atoms with E-state index in [2.05, 4.69) is 17.1 Å². The average molecular weight is 291 g/mol. The third kappa shape index (κ3) is 4.93. The van der Waals surface area contributed by atoms with Crippen LogP contribution in [0.25, 0.3) is 0 Å². The Hall–Kier alpha value is -1.75. The van der Waals surface area contributed by atoms with E-state index >= 15 is 0 Å². The topological polar surface area (TPSA) is 67.6 Å². The summed E-state index contributed by atoms with van der Waals surface area (Å²) in [5.74, 6) is 1.39. The Morgan fingerprint density at radius 3 is 2.86 bits per heavy atom. The first-order valence-electron chi connectivity index (χ1n) is 7.58. The van der Waals surface area contributed by atoms with Gasteiger partial charge in [0.1, 0.15) is 5.75 Å². The van der Waals surface area contributed by atoms with Gasteiger partial charge < -0.3 is 15.8 Å². The first-order chi connectivity index (χ1) is 10.1. The van der Waals surface area contributed by atoms with Gasteiger partial charge in [-0.15, -0.1) is 0 Å². The van der Waals surface area contributed by atoms with Crippen LogP contribution in [0.1, 0.15) is 26.2 Å². The summed E-state index contributed by atoms with van der Waals surface area (Å²) in [6.45, 7) is 4.54. The van der Waals surface area contributed by atoms with Crippen molar-refractivity contribution in [3.8, 4) is 5.75 Å². The van der Waals surface area contributed by atoms with Crippen LogP contribution in [0.5, 0.6) is 5.75 Å². The fourth-order valence-electron chi connectivity index (χ4n) is 2.43. The van der Waals surface area contributed by atoms with Crippen molar-refractivity contribution in [3.63, 3.8) is 0 Å². The molecule has 1 aromatic carbocycles. The van der Waals surface area contributed by atoms with E-state index in [1.807, 2.05) is 0 Å². The summed E-state index contributed by atoms with van der Waals surface area (Å²) in [6, 6.07) is 5.24. The highest BCUT2D eigenvalue weighted by Gasteiger charge is 2.25. The molecule has 3 N–H and O–H groups in total. The Morgan fingerprint density at radius 1 is 1.48 bits per heavy atom. The van der Waals surface area contributed by atoms with Crippen molar-refractivity contribution < 1.29 is 9.53 Å². The molecule has 5 heteroatoms. The van der Waals surface area contributed by atoms with Gasteiger partial charge in [-0.25, -0.2) is 0 Å². The highest BCUT2D eigenvalue weighted by Crippen LogP contribution is 2.30. The number of methoxy groups -OCH3 is 1. The largest absolute Gasteiger partial charge is 0.495 e. The van der Waals surface area contributed by atoms with Crippen LogP contribution >= 0.6 is 0 Å². The lowest BCUT2D eigenvalue weighted by molar-refractivity contribution is -0.117. The van der Waals surface area contributed by atoms with E-state index in [1.165, 1.54) is 12.8 Å². The smallest absolute Gasteiger partial charge is 0.238 e. The normalized spacial score (nSPS) is 14.2. The number of amides is 1. The molecule has 0 radical (unpaired) electrons. The lowest BCUT2D eigenvalue weighted by Crippen LogP contribution is -2.35. The van der Waals surface area contributed by atoms with Gasteiger partial charge in [0.05, 0.1) is 19.3 Å². The molecule has 0 unspecified atom stereocenters. The fraction of sp³-hybridized carbons (Fsp3) is 0.562. The molecule has 1 saturated carbocycles. The summed E-state index contributed by atoms with van der Waals surface area (Å²) < 4.78 is 5.24. The highest BCUT2D eigenvalue weighted by molar-refractivity contribution is 5.94. The summed E-state index contributed by atoms with van der Waals surface area (Å²) in [4.78, 5) is 14.5. The fourth-order valence-corrected chi connectivity index (χ4v) is 2.43. The van der Waals surface area contributed by atoms with Crippen LogP contribution in [0.15, 0.2) is 18.2 Å². The Morgan fingerprint density at radius 2 is 2.24 bits per heavy atom. The van der Waals surface area contributed by atoms with Crippen LogP contribution < -0.4 is 15.8 Å². The van der Waals surface area contributed by atoms with Gasteiger partial charge in [0.25, 0.3) is 0 Å². The van der Waals surface area contributed by atoms with Crippen LogP contribution in [0, 0.1) is 5.92 Å². The molecule has 1 aromatic rings. The second-order valence-corrected chi connectivity index (χ2v) is 5.69. The number of benzene rings is 1. The first-order valence-corrected chi connectivity index (χ1v) is 7.58. The van der Waals surface area contributed by atoms with Gasteiger partial charge >= 0.3 is 0 Å². The number of hydrogen-bond acceptors (Lipinski definition) is 4. The van der Waals surface area contributed by atoms with Crippen LogP contribution in [-0.2, 0) is 4.79 Å². The minimum Gasteiger partial charge on any atom is -0.495 e. The molecule has 116 valence electrons. The molecular weight excluding hydrogens is 266 g/mol. The SMILES string of the molecule is CCCN(CC(=O)Nc1cc(N)ccc1OC)CC1CC1. The molecule has 0 aliphatic heterocycles. The van der Waals surface area contributed by atoms with Gasteiger partial charge in [0.15, 0.2) is 0 Å². The van der Waals surface area contributed by atoms with Crippen LogP contribution in [0.4, 0.5) is 11.4 Å². The molecule has 0 saturated heterocycles. The quantitative estimate of drug-likeness (QED) is 0.721. The van der Waals surface area contributed by atoms with E-state index in [9.17, 15) is 4.79 Å². The van der Waals surface area contributed by atoms with E-state index in [0.29, 0.717) is 23.7 Å². The number of nitrogens with zero attached hydrogens (tertiary/aromatic N) is 1. The third-order valence-electron chi connectivity index (χ3n) is 3.62. The van der Waals surface area contributed by atoms with E-state index in [0.717, 1.165) is 25.4 Å². The van der Waals surface area contributed by atoms with Gasteiger partial charge in [-0.3, -0.25) is 9.69 Å². The maximum Gasteiger partial charge on any atom is 0.238 e. The number of rotatable bonds is 8. The molecule has 1 aliphatic carbocycles. The van der Waals surface area contributed by atoms with Crippen molar-refractivity contribution in [3.05, 3.63) is 18.2 Å². The molecule has 0 heterocycles. The lowest BCUT2D eigenvalue weighted by atomic mass is 10.2. The van der Waals surface area contributed by atoms with E-state index in [-0.39, 0.29) is 5.91 Å². The van der Waals surface area contributed by atoms with Gasteiger partial charge in [0.2, 0.25) is 5.91 Å². The van der Waals surface area contributed by atoms with Crippen LogP contribution in [-0.4, -0.2) is 37.6 Å². The number of anilines is 2. The maximum absolute atomic E-state index is 12.2. The van der Waals surface area contributed by atoms with Gasteiger partial charge in [-0.05, 0) is 49.9 Å². The van der Waals surface area contributed by atoms with Crippen molar-refractivity contribution in [1.82, 2.24) is 4.90 Å². The number of nitrogen functional groups attached to an aromatic ring is 1. The average Bonchev–Trinajstić information content (AvgIpc) is 3.23. The molecule has 1 amide bonds. The van der Waals surface area contributed by atoms with Gasteiger partial charge in [-0.1, -0.05) is 6.92 Å². The molecule has 1 fully saturated rings. The van der Waals surface area contributed by atoms with E-state index in [4.69, 9.17) is 10.5 Å². The Balaban J connectivity index is 1.94. The molecule has 0 bridgehead atoms. The van der Waals surface area contributed by atoms with E-state index in [1.54, 1.807) is 25.3 Å². The Bertz CT molecular complexity index is 486. The third-order valence-corrected chi connectivity index (χ3v) is 3.62. The van der Waals surface area contributed by atoms with Crippen LogP contribution in [0.2, 0.25) is 0 Å². The second kappa shape index (κ2) is 7.31. The highest BCUT2D eigenvalue weighted by atomic mass is 16.5. The van der Waals surface area contributed by atoms with E-state index < -0.39 is 0 Å².